The van der Waals surface area contributed by atoms with Crippen LogP contribution in [0.1, 0.15) is 17.5 Å². The minimum absolute atomic E-state index is 0.488. The maximum atomic E-state index is 5.17. The van der Waals surface area contributed by atoms with Gasteiger partial charge in [-0.2, -0.15) is 0 Å². The molecule has 0 aromatic heterocycles. The highest BCUT2D eigenvalue weighted by atomic mass is 16.5. The molecule has 1 aromatic carbocycles. The maximum absolute atomic E-state index is 5.17. The molecular formula is C15H21NO. The molecule has 1 heterocycles. The van der Waals surface area contributed by atoms with Crippen molar-refractivity contribution >= 4 is 0 Å². The third-order valence-corrected chi connectivity index (χ3v) is 4.45. The Morgan fingerprint density at radius 2 is 2.12 bits per heavy atom. The molecule has 1 aliphatic heterocycles. The highest BCUT2D eigenvalue weighted by molar-refractivity contribution is 5.38. The first-order valence-corrected chi connectivity index (χ1v) is 6.53. The normalized spacial score (nSPS) is 31.5. The van der Waals surface area contributed by atoms with Gasteiger partial charge in [0.25, 0.3) is 0 Å². The average Bonchev–Trinajstić information content (AvgIpc) is 2.91. The van der Waals surface area contributed by atoms with Crippen LogP contribution in [0.5, 0.6) is 0 Å². The molecule has 0 amide bonds. The van der Waals surface area contributed by atoms with Crippen molar-refractivity contribution in [2.75, 3.05) is 33.4 Å². The molecule has 1 saturated carbocycles. The van der Waals surface area contributed by atoms with Crippen LogP contribution in [0.2, 0.25) is 0 Å². The van der Waals surface area contributed by atoms with Crippen LogP contribution in [0.3, 0.4) is 0 Å². The summed E-state index contributed by atoms with van der Waals surface area (Å²) in [5, 5.41) is 0. The van der Waals surface area contributed by atoms with E-state index in [1.807, 2.05) is 0 Å². The van der Waals surface area contributed by atoms with E-state index in [2.05, 4.69) is 36.1 Å². The second kappa shape index (κ2) is 4.11. The zero-order valence-corrected chi connectivity index (χ0v) is 10.8. The number of ether oxygens (including phenoxy) is 1. The smallest absolute Gasteiger partial charge is 0.0589 e. The van der Waals surface area contributed by atoms with Crippen LogP contribution in [-0.4, -0.2) is 38.3 Å². The van der Waals surface area contributed by atoms with Gasteiger partial charge in [0.2, 0.25) is 0 Å². The number of benzene rings is 1. The lowest BCUT2D eigenvalue weighted by molar-refractivity contribution is 0.153. The first kappa shape index (κ1) is 11.2. The van der Waals surface area contributed by atoms with Crippen molar-refractivity contribution in [2.24, 2.45) is 5.92 Å². The quantitative estimate of drug-likeness (QED) is 0.788. The summed E-state index contributed by atoms with van der Waals surface area (Å²) in [6.07, 6.45) is 1.39. The van der Waals surface area contributed by atoms with E-state index in [1.165, 1.54) is 25.1 Å². The van der Waals surface area contributed by atoms with E-state index >= 15 is 0 Å². The molecule has 0 N–H and O–H groups in total. The zero-order chi connectivity index (χ0) is 11.9. The van der Waals surface area contributed by atoms with Crippen LogP contribution in [0.25, 0.3) is 0 Å². The summed E-state index contributed by atoms with van der Waals surface area (Å²) in [4.78, 5) is 2.55. The molecule has 0 radical (unpaired) electrons. The first-order valence-electron chi connectivity index (χ1n) is 6.53. The Kier molecular flexibility index (Phi) is 2.72. The van der Waals surface area contributed by atoms with Crippen LogP contribution in [0.4, 0.5) is 0 Å². The van der Waals surface area contributed by atoms with Gasteiger partial charge in [0.15, 0.2) is 0 Å². The molecule has 2 atom stereocenters. The lowest BCUT2D eigenvalue weighted by Crippen LogP contribution is -2.29. The van der Waals surface area contributed by atoms with Crippen LogP contribution in [-0.2, 0) is 10.2 Å². The van der Waals surface area contributed by atoms with Crippen molar-refractivity contribution in [2.45, 2.75) is 18.8 Å². The van der Waals surface area contributed by atoms with E-state index in [0.29, 0.717) is 5.41 Å². The molecule has 3 rings (SSSR count). The predicted molar refractivity (Wildman–Crippen MR) is 69.3 cm³/mol. The highest BCUT2D eigenvalue weighted by Gasteiger charge is 2.60. The van der Waals surface area contributed by atoms with Gasteiger partial charge in [0, 0.05) is 32.2 Å². The van der Waals surface area contributed by atoms with E-state index in [4.69, 9.17) is 4.74 Å². The fourth-order valence-electron chi connectivity index (χ4n) is 3.31. The lowest BCUT2D eigenvalue weighted by Gasteiger charge is -2.20. The number of hydrogen-bond acceptors (Lipinski definition) is 2. The van der Waals surface area contributed by atoms with Gasteiger partial charge in [-0.05, 0) is 24.8 Å². The molecule has 2 heteroatoms. The van der Waals surface area contributed by atoms with E-state index < -0.39 is 0 Å². The van der Waals surface area contributed by atoms with Gasteiger partial charge >= 0.3 is 0 Å². The van der Waals surface area contributed by atoms with Gasteiger partial charge < -0.3 is 4.74 Å². The van der Waals surface area contributed by atoms with E-state index in [9.17, 15) is 0 Å². The topological polar surface area (TPSA) is 12.5 Å². The summed E-state index contributed by atoms with van der Waals surface area (Å²) in [6, 6.07) is 9.15. The number of likely N-dealkylation sites (tertiary alicyclic amines) is 1. The molecule has 1 aromatic rings. The third-order valence-electron chi connectivity index (χ3n) is 4.45. The Balaban J connectivity index is 1.71. The third kappa shape index (κ3) is 1.90. The zero-order valence-electron chi connectivity index (χ0n) is 10.8. The maximum Gasteiger partial charge on any atom is 0.0589 e. The largest absolute Gasteiger partial charge is 0.383 e. The van der Waals surface area contributed by atoms with Crippen molar-refractivity contribution < 1.29 is 4.74 Å². The number of methoxy groups -OCH3 is 1. The monoisotopic (exact) mass is 231 g/mol. The summed E-state index contributed by atoms with van der Waals surface area (Å²) < 4.78 is 5.17. The summed E-state index contributed by atoms with van der Waals surface area (Å²) in [6.45, 7) is 6.59. The molecular weight excluding hydrogens is 210 g/mol. The minimum atomic E-state index is 0.488. The van der Waals surface area contributed by atoms with Crippen molar-refractivity contribution in [3.63, 3.8) is 0 Å². The minimum Gasteiger partial charge on any atom is -0.383 e. The molecule has 92 valence electrons. The Morgan fingerprint density at radius 1 is 1.35 bits per heavy atom. The van der Waals surface area contributed by atoms with Crippen molar-refractivity contribution in [3.05, 3.63) is 35.4 Å². The molecule has 0 spiro atoms. The van der Waals surface area contributed by atoms with Crippen LogP contribution in [0, 0.1) is 12.8 Å². The number of rotatable bonds is 4. The average molecular weight is 231 g/mol. The molecule has 17 heavy (non-hydrogen) atoms. The summed E-state index contributed by atoms with van der Waals surface area (Å²) in [5.41, 5.74) is 3.39. The molecule has 1 aliphatic carbocycles. The first-order chi connectivity index (χ1) is 8.24. The van der Waals surface area contributed by atoms with Crippen LogP contribution in [0.15, 0.2) is 24.3 Å². The van der Waals surface area contributed by atoms with Gasteiger partial charge in [0.05, 0.1) is 6.61 Å². The SMILES string of the molecule is COCCN1CC2CC2(c2ccc(C)cc2)C1. The van der Waals surface area contributed by atoms with Crippen molar-refractivity contribution in [1.82, 2.24) is 4.90 Å². The van der Waals surface area contributed by atoms with Gasteiger partial charge in [0.1, 0.15) is 0 Å². The molecule has 2 aliphatic rings. The Bertz CT molecular complexity index is 400. The Hall–Kier alpha value is -0.860. The van der Waals surface area contributed by atoms with Crippen LogP contribution >= 0.6 is 0 Å². The number of nitrogens with zero attached hydrogens (tertiary/aromatic N) is 1. The predicted octanol–water partition coefficient (Wildman–Crippen LogP) is 2.21. The van der Waals surface area contributed by atoms with Gasteiger partial charge in [-0.15, -0.1) is 0 Å². The van der Waals surface area contributed by atoms with E-state index in [0.717, 1.165) is 19.1 Å². The number of fused-ring (bicyclic) bond motifs is 1. The molecule has 2 unspecified atom stereocenters. The summed E-state index contributed by atoms with van der Waals surface area (Å²) >= 11 is 0. The van der Waals surface area contributed by atoms with Crippen molar-refractivity contribution in [1.29, 1.82) is 0 Å². The fourth-order valence-corrected chi connectivity index (χ4v) is 3.31. The fraction of sp³-hybridized carbons (Fsp3) is 0.600. The van der Waals surface area contributed by atoms with Crippen LogP contribution < -0.4 is 0 Å². The van der Waals surface area contributed by atoms with E-state index in [1.54, 1.807) is 12.7 Å². The summed E-state index contributed by atoms with van der Waals surface area (Å²) in [5.74, 6) is 0.891. The number of piperidine rings is 1. The van der Waals surface area contributed by atoms with E-state index in [-0.39, 0.29) is 0 Å². The summed E-state index contributed by atoms with van der Waals surface area (Å²) in [7, 11) is 1.78. The van der Waals surface area contributed by atoms with Gasteiger partial charge in [-0.1, -0.05) is 29.8 Å². The Morgan fingerprint density at radius 3 is 2.82 bits per heavy atom. The molecule has 2 nitrogen and oxygen atoms in total. The lowest BCUT2D eigenvalue weighted by atomic mass is 9.94. The van der Waals surface area contributed by atoms with Gasteiger partial charge in [-0.3, -0.25) is 4.90 Å². The number of aryl methyl sites for hydroxylation is 1. The number of hydrogen-bond donors (Lipinski definition) is 0. The van der Waals surface area contributed by atoms with Gasteiger partial charge in [-0.25, -0.2) is 0 Å². The molecule has 2 fully saturated rings. The molecule has 1 saturated heterocycles. The second-order valence-corrected chi connectivity index (χ2v) is 5.65. The Labute approximate surface area is 104 Å². The van der Waals surface area contributed by atoms with Crippen molar-refractivity contribution in [3.8, 4) is 0 Å². The molecule has 0 bridgehead atoms. The second-order valence-electron chi connectivity index (χ2n) is 5.65. The standard InChI is InChI=1S/C15H21NO/c1-12-3-5-13(6-4-12)15-9-14(15)10-16(11-15)7-8-17-2/h3-6,14H,7-11H2,1-2H3. The highest BCUT2D eigenvalue weighted by Crippen LogP contribution is 2.58.